The number of fused-ring (bicyclic) bond motifs is 1. The number of benzene rings is 3. The van der Waals surface area contributed by atoms with Crippen molar-refractivity contribution in [1.29, 1.82) is 0 Å². The maximum atomic E-state index is 13.2. The summed E-state index contributed by atoms with van der Waals surface area (Å²) in [5.41, 5.74) is 2.94. The van der Waals surface area contributed by atoms with Crippen LogP contribution in [0.15, 0.2) is 65.1 Å². The Morgan fingerprint density at radius 3 is 2.44 bits per heavy atom. The minimum atomic E-state index is -0.157. The van der Waals surface area contributed by atoms with Crippen molar-refractivity contribution in [2.45, 2.75) is 6.54 Å². The topological polar surface area (TPSA) is 81.3 Å². The van der Waals surface area contributed by atoms with Crippen LogP contribution in [0.1, 0.15) is 26.3 Å². The Bertz CT molecular complexity index is 1450. The van der Waals surface area contributed by atoms with Crippen LogP contribution in [0.4, 0.5) is 5.82 Å². The van der Waals surface area contributed by atoms with Gasteiger partial charge in [-0.3, -0.25) is 14.7 Å². The zero-order valence-corrected chi connectivity index (χ0v) is 22.2. The van der Waals surface area contributed by atoms with Crippen LogP contribution in [0.5, 0.6) is 0 Å². The van der Waals surface area contributed by atoms with E-state index in [9.17, 15) is 9.59 Å². The van der Waals surface area contributed by atoms with Crippen molar-refractivity contribution in [1.82, 2.24) is 20.0 Å². The highest BCUT2D eigenvalue weighted by Gasteiger charge is 2.26. The van der Waals surface area contributed by atoms with E-state index < -0.39 is 0 Å². The van der Waals surface area contributed by atoms with Gasteiger partial charge in [-0.25, -0.2) is 0 Å². The first kappa shape index (κ1) is 24.6. The molecule has 1 saturated heterocycles. The lowest BCUT2D eigenvalue weighted by atomic mass is 10.1. The van der Waals surface area contributed by atoms with Gasteiger partial charge in [-0.05, 0) is 54.1 Å². The lowest BCUT2D eigenvalue weighted by molar-refractivity contribution is 0.0535. The number of hydrogen-bond acceptors (Lipinski definition) is 4. The molecule has 184 valence electrons. The number of aromatic amines is 1. The minimum absolute atomic E-state index is 0.0523. The van der Waals surface area contributed by atoms with E-state index in [0.717, 1.165) is 26.8 Å². The highest BCUT2D eigenvalue weighted by Crippen LogP contribution is 2.25. The summed E-state index contributed by atoms with van der Waals surface area (Å²) in [5.74, 6) is 0.550. The van der Waals surface area contributed by atoms with Crippen LogP contribution in [0.3, 0.4) is 0 Å². The van der Waals surface area contributed by atoms with Crippen molar-refractivity contribution in [2.75, 3.05) is 31.5 Å². The Morgan fingerprint density at radius 2 is 1.69 bits per heavy atom. The van der Waals surface area contributed by atoms with Crippen molar-refractivity contribution in [3.05, 3.63) is 91.9 Å². The first-order valence-electron chi connectivity index (χ1n) is 11.4. The molecule has 1 aliphatic rings. The first-order valence-corrected chi connectivity index (χ1v) is 12.9. The molecule has 0 saturated carbocycles. The number of carbonyl (C=O) groups excluding carboxylic acids is 2. The van der Waals surface area contributed by atoms with Gasteiger partial charge < -0.3 is 15.1 Å². The van der Waals surface area contributed by atoms with E-state index in [-0.39, 0.29) is 11.8 Å². The molecule has 5 rings (SSSR count). The van der Waals surface area contributed by atoms with Gasteiger partial charge in [0.2, 0.25) is 0 Å². The van der Waals surface area contributed by atoms with Crippen LogP contribution >= 0.6 is 39.1 Å². The third-order valence-corrected chi connectivity index (χ3v) is 7.22. The first-order chi connectivity index (χ1) is 17.4. The summed E-state index contributed by atoms with van der Waals surface area (Å²) < 4.78 is 0.982. The second kappa shape index (κ2) is 10.5. The molecular formula is C26H22BrCl2N5O2. The third-order valence-electron chi connectivity index (χ3n) is 6.17. The van der Waals surface area contributed by atoms with E-state index in [1.165, 1.54) is 0 Å². The summed E-state index contributed by atoms with van der Waals surface area (Å²) in [5, 5.41) is 12.5. The Morgan fingerprint density at radius 1 is 0.944 bits per heavy atom. The smallest absolute Gasteiger partial charge is 0.255 e. The van der Waals surface area contributed by atoms with Crippen LogP contribution in [0.2, 0.25) is 10.0 Å². The molecule has 0 unspecified atom stereocenters. The number of nitrogens with zero attached hydrogens (tertiary/aromatic N) is 3. The molecule has 1 aliphatic heterocycles. The summed E-state index contributed by atoms with van der Waals surface area (Å²) >= 11 is 15.6. The summed E-state index contributed by atoms with van der Waals surface area (Å²) in [4.78, 5) is 29.5. The molecule has 4 aromatic rings. The van der Waals surface area contributed by atoms with Gasteiger partial charge in [0.05, 0.1) is 16.1 Å². The third kappa shape index (κ3) is 5.21. The molecule has 1 aromatic heterocycles. The molecule has 10 heteroatoms. The summed E-state index contributed by atoms with van der Waals surface area (Å²) in [6.45, 7) is 2.31. The highest BCUT2D eigenvalue weighted by molar-refractivity contribution is 9.10. The van der Waals surface area contributed by atoms with Gasteiger partial charge in [-0.1, -0.05) is 51.3 Å². The zero-order chi connectivity index (χ0) is 25.2. The molecule has 7 nitrogen and oxygen atoms in total. The Labute approximate surface area is 226 Å². The standard InChI is InChI=1S/C26H22BrCl2N5O2/c27-18-4-6-21-23(13-18)31-32-24(21)30-15-16-2-1-3-17(12-16)25(35)33-8-10-34(11-9-33)26(36)20-7-5-19(28)14-22(20)29/h1-7,12-14H,8-11,15H2,(H2,30,31,32). The second-order valence-corrected chi connectivity index (χ2v) is 10.3. The number of piperazine rings is 1. The molecule has 2 heterocycles. The predicted octanol–water partition coefficient (Wildman–Crippen LogP) is 5.84. The molecule has 0 aliphatic carbocycles. The lowest BCUT2D eigenvalue weighted by Gasteiger charge is -2.35. The number of amides is 2. The van der Waals surface area contributed by atoms with E-state index in [1.54, 1.807) is 28.0 Å². The Balaban J connectivity index is 1.20. The molecule has 0 spiro atoms. The number of anilines is 1. The number of aromatic nitrogens is 2. The number of nitrogens with one attached hydrogen (secondary N) is 2. The van der Waals surface area contributed by atoms with Gasteiger partial charge in [0.15, 0.2) is 5.82 Å². The van der Waals surface area contributed by atoms with E-state index in [1.807, 2.05) is 42.5 Å². The van der Waals surface area contributed by atoms with E-state index in [4.69, 9.17) is 23.2 Å². The second-order valence-electron chi connectivity index (χ2n) is 8.52. The maximum Gasteiger partial charge on any atom is 0.255 e. The average molecular weight is 587 g/mol. The monoisotopic (exact) mass is 585 g/mol. The van der Waals surface area contributed by atoms with Crippen LogP contribution < -0.4 is 5.32 Å². The quantitative estimate of drug-likeness (QED) is 0.308. The van der Waals surface area contributed by atoms with Crippen LogP contribution in [0.25, 0.3) is 10.9 Å². The van der Waals surface area contributed by atoms with Crippen LogP contribution in [0, 0.1) is 0 Å². The molecule has 2 N–H and O–H groups in total. The molecule has 0 bridgehead atoms. The molecular weight excluding hydrogens is 565 g/mol. The zero-order valence-electron chi connectivity index (χ0n) is 19.1. The van der Waals surface area contributed by atoms with Crippen molar-refractivity contribution in [3.63, 3.8) is 0 Å². The van der Waals surface area contributed by atoms with Crippen LogP contribution in [-0.2, 0) is 6.54 Å². The number of H-pyrrole nitrogens is 1. The molecule has 3 aromatic carbocycles. The van der Waals surface area contributed by atoms with E-state index in [2.05, 4.69) is 31.4 Å². The number of halogens is 3. The molecule has 1 fully saturated rings. The molecule has 0 atom stereocenters. The van der Waals surface area contributed by atoms with Gasteiger partial charge in [-0.15, -0.1) is 0 Å². The van der Waals surface area contributed by atoms with Crippen molar-refractivity contribution in [2.24, 2.45) is 0 Å². The Hall–Kier alpha value is -3.07. The fraction of sp³-hybridized carbons (Fsp3) is 0.192. The van der Waals surface area contributed by atoms with Crippen LogP contribution in [-0.4, -0.2) is 58.0 Å². The minimum Gasteiger partial charge on any atom is -0.364 e. The number of carbonyl (C=O) groups is 2. The van der Waals surface area contributed by atoms with Crippen molar-refractivity contribution < 1.29 is 9.59 Å². The van der Waals surface area contributed by atoms with Gasteiger partial charge in [-0.2, -0.15) is 5.10 Å². The predicted molar refractivity (Wildman–Crippen MR) is 146 cm³/mol. The van der Waals surface area contributed by atoms with Gasteiger partial charge in [0, 0.05) is 53.2 Å². The summed E-state index contributed by atoms with van der Waals surface area (Å²) in [7, 11) is 0. The van der Waals surface area contributed by atoms with E-state index >= 15 is 0 Å². The van der Waals surface area contributed by atoms with Crippen molar-refractivity contribution >= 4 is 67.7 Å². The summed E-state index contributed by atoms with van der Waals surface area (Å²) in [6, 6.07) is 18.4. The largest absolute Gasteiger partial charge is 0.364 e. The van der Waals surface area contributed by atoms with Gasteiger partial charge in [0.1, 0.15) is 0 Å². The molecule has 36 heavy (non-hydrogen) atoms. The van der Waals surface area contributed by atoms with Crippen molar-refractivity contribution in [3.8, 4) is 0 Å². The average Bonchev–Trinajstić information content (AvgIpc) is 3.29. The molecule has 0 radical (unpaired) electrons. The normalized spacial score (nSPS) is 13.8. The lowest BCUT2D eigenvalue weighted by Crippen LogP contribution is -2.50. The highest BCUT2D eigenvalue weighted by atomic mass is 79.9. The van der Waals surface area contributed by atoms with Gasteiger partial charge >= 0.3 is 0 Å². The Kier molecular flexibility index (Phi) is 7.18. The fourth-order valence-electron chi connectivity index (χ4n) is 4.26. The van der Waals surface area contributed by atoms with E-state index in [0.29, 0.717) is 53.9 Å². The van der Waals surface area contributed by atoms with Gasteiger partial charge in [0.25, 0.3) is 11.8 Å². The molecule has 2 amide bonds. The fourth-order valence-corrected chi connectivity index (χ4v) is 5.11. The number of rotatable bonds is 5. The number of hydrogen-bond donors (Lipinski definition) is 2. The SMILES string of the molecule is O=C(c1cccc(CNc2n[nH]c3cc(Br)ccc23)c1)N1CCN(C(=O)c2ccc(Cl)cc2Cl)CC1. The summed E-state index contributed by atoms with van der Waals surface area (Å²) in [6.07, 6.45) is 0. The maximum absolute atomic E-state index is 13.2.